The van der Waals surface area contributed by atoms with Gasteiger partial charge in [-0.2, -0.15) is 5.26 Å². The molecule has 0 aliphatic carbocycles. The fraction of sp³-hybridized carbons (Fsp3) is 0.381. The fourth-order valence-electron chi connectivity index (χ4n) is 3.32. The number of carbonyl (C=O) groups excluding carboxylic acids is 1. The molecular weight excluding hydrogens is 354 g/mol. The van der Waals surface area contributed by atoms with Crippen molar-refractivity contribution in [3.63, 3.8) is 0 Å². The van der Waals surface area contributed by atoms with E-state index in [-0.39, 0.29) is 18.5 Å². The molecule has 1 aromatic carbocycles. The highest BCUT2D eigenvalue weighted by atomic mass is 16.5. The Hall–Kier alpha value is -3.11. The predicted octanol–water partition coefficient (Wildman–Crippen LogP) is 2.27. The van der Waals surface area contributed by atoms with Crippen molar-refractivity contribution in [2.45, 2.75) is 18.9 Å². The van der Waals surface area contributed by atoms with Crippen LogP contribution in [0.4, 0.5) is 5.82 Å². The summed E-state index contributed by atoms with van der Waals surface area (Å²) in [5.41, 5.74) is 1.99. The van der Waals surface area contributed by atoms with Gasteiger partial charge in [0, 0.05) is 37.0 Å². The van der Waals surface area contributed by atoms with E-state index in [0.717, 1.165) is 35.5 Å². The first-order valence-corrected chi connectivity index (χ1v) is 9.46. The van der Waals surface area contributed by atoms with Crippen molar-refractivity contribution in [2.24, 2.45) is 0 Å². The number of ether oxygens (including phenoxy) is 1. The Kier molecular flexibility index (Phi) is 6.82. The summed E-state index contributed by atoms with van der Waals surface area (Å²) in [5.74, 6) is 1.58. The highest BCUT2D eigenvalue weighted by Gasteiger charge is 2.27. The summed E-state index contributed by atoms with van der Waals surface area (Å²) in [6.07, 6.45) is 3.49. The summed E-state index contributed by atoms with van der Waals surface area (Å²) in [5, 5.41) is 15.4. The molecule has 0 bridgehead atoms. The molecule has 2 heterocycles. The van der Waals surface area contributed by atoms with Gasteiger partial charge in [0.05, 0.1) is 19.7 Å². The molecule has 1 amide bonds. The molecule has 7 heteroatoms. The topological polar surface area (TPSA) is 90.3 Å². The molecule has 2 aromatic rings. The van der Waals surface area contributed by atoms with Crippen LogP contribution in [0.5, 0.6) is 5.75 Å². The second kappa shape index (κ2) is 9.72. The Labute approximate surface area is 165 Å². The molecule has 7 nitrogen and oxygen atoms in total. The Morgan fingerprint density at radius 2 is 2.18 bits per heavy atom. The van der Waals surface area contributed by atoms with Gasteiger partial charge in [0.1, 0.15) is 17.6 Å². The zero-order valence-electron chi connectivity index (χ0n) is 16.0. The maximum Gasteiger partial charge on any atom is 0.237 e. The SMILES string of the molecule is COc1ccccc1-c1ccc(NCCNCC(=O)N2CCC[C@H]2C#N)nc1. The van der Waals surface area contributed by atoms with Gasteiger partial charge in [-0.25, -0.2) is 4.98 Å². The molecule has 28 heavy (non-hydrogen) atoms. The Morgan fingerprint density at radius 1 is 1.32 bits per heavy atom. The molecule has 2 N–H and O–H groups in total. The largest absolute Gasteiger partial charge is 0.496 e. The van der Waals surface area contributed by atoms with Gasteiger partial charge < -0.3 is 20.3 Å². The number of amides is 1. The van der Waals surface area contributed by atoms with Crippen LogP contribution in [0.25, 0.3) is 11.1 Å². The second-order valence-electron chi connectivity index (χ2n) is 6.61. The third-order valence-electron chi connectivity index (χ3n) is 4.79. The molecule has 1 saturated heterocycles. The van der Waals surface area contributed by atoms with Gasteiger partial charge >= 0.3 is 0 Å². The molecule has 146 valence electrons. The van der Waals surface area contributed by atoms with Crippen LogP contribution < -0.4 is 15.4 Å². The van der Waals surface area contributed by atoms with Crippen molar-refractivity contribution in [1.82, 2.24) is 15.2 Å². The Morgan fingerprint density at radius 3 is 2.93 bits per heavy atom. The number of hydrogen-bond acceptors (Lipinski definition) is 6. The van der Waals surface area contributed by atoms with Crippen molar-refractivity contribution in [3.8, 4) is 22.9 Å². The fourth-order valence-corrected chi connectivity index (χ4v) is 3.32. The second-order valence-corrected chi connectivity index (χ2v) is 6.61. The summed E-state index contributed by atoms with van der Waals surface area (Å²) < 4.78 is 5.39. The van der Waals surface area contributed by atoms with Crippen molar-refractivity contribution in [3.05, 3.63) is 42.6 Å². The molecule has 3 rings (SSSR count). The summed E-state index contributed by atoms with van der Waals surface area (Å²) in [7, 11) is 1.66. The number of carbonyl (C=O) groups is 1. The van der Waals surface area contributed by atoms with Crippen LogP contribution in [0.3, 0.4) is 0 Å². The number of hydrogen-bond donors (Lipinski definition) is 2. The van der Waals surface area contributed by atoms with Gasteiger partial charge in [-0.15, -0.1) is 0 Å². The quantitative estimate of drug-likeness (QED) is 0.684. The Balaban J connectivity index is 1.42. The number of aromatic nitrogens is 1. The normalized spacial score (nSPS) is 15.9. The van der Waals surface area contributed by atoms with E-state index in [4.69, 9.17) is 10.00 Å². The number of nitriles is 1. The maximum absolute atomic E-state index is 12.1. The summed E-state index contributed by atoms with van der Waals surface area (Å²) in [4.78, 5) is 18.2. The van der Waals surface area contributed by atoms with Gasteiger partial charge in [-0.05, 0) is 31.0 Å². The minimum atomic E-state index is -0.265. The van der Waals surface area contributed by atoms with E-state index in [0.29, 0.717) is 19.6 Å². The van der Waals surface area contributed by atoms with Gasteiger partial charge in [0.2, 0.25) is 5.91 Å². The van der Waals surface area contributed by atoms with E-state index in [9.17, 15) is 4.79 Å². The average molecular weight is 379 g/mol. The van der Waals surface area contributed by atoms with Crippen LogP contribution in [0.1, 0.15) is 12.8 Å². The highest BCUT2D eigenvalue weighted by molar-refractivity contribution is 5.79. The third kappa shape index (κ3) is 4.78. The molecule has 1 fully saturated rings. The lowest BCUT2D eigenvalue weighted by atomic mass is 10.1. The molecule has 0 spiro atoms. The third-order valence-corrected chi connectivity index (χ3v) is 4.79. The molecular formula is C21H25N5O2. The van der Waals surface area contributed by atoms with Crippen LogP contribution in [-0.2, 0) is 4.79 Å². The Bertz CT molecular complexity index is 831. The molecule has 0 unspecified atom stereocenters. The number of para-hydroxylation sites is 1. The first-order valence-electron chi connectivity index (χ1n) is 9.46. The van der Waals surface area contributed by atoms with Gasteiger partial charge in [0.15, 0.2) is 0 Å². The number of methoxy groups -OCH3 is 1. The first kappa shape index (κ1) is 19.6. The van der Waals surface area contributed by atoms with Crippen LogP contribution in [-0.4, -0.2) is 55.1 Å². The van der Waals surface area contributed by atoms with Crippen molar-refractivity contribution in [1.29, 1.82) is 5.26 Å². The van der Waals surface area contributed by atoms with Crippen LogP contribution in [0.2, 0.25) is 0 Å². The minimum Gasteiger partial charge on any atom is -0.496 e. The van der Waals surface area contributed by atoms with Crippen LogP contribution in [0.15, 0.2) is 42.6 Å². The lowest BCUT2D eigenvalue weighted by Gasteiger charge is -2.19. The monoisotopic (exact) mass is 379 g/mol. The van der Waals surface area contributed by atoms with E-state index in [1.165, 1.54) is 0 Å². The zero-order valence-corrected chi connectivity index (χ0v) is 16.0. The summed E-state index contributed by atoms with van der Waals surface area (Å²) >= 11 is 0. The predicted molar refractivity (Wildman–Crippen MR) is 108 cm³/mol. The van der Waals surface area contributed by atoms with E-state index >= 15 is 0 Å². The average Bonchev–Trinajstić information content (AvgIpc) is 3.23. The van der Waals surface area contributed by atoms with E-state index in [2.05, 4.69) is 21.7 Å². The summed E-state index contributed by atoms with van der Waals surface area (Å²) in [6.45, 7) is 2.21. The van der Waals surface area contributed by atoms with Crippen LogP contribution in [0, 0.1) is 11.3 Å². The van der Waals surface area contributed by atoms with E-state index < -0.39 is 0 Å². The van der Waals surface area contributed by atoms with Crippen molar-refractivity contribution in [2.75, 3.05) is 38.6 Å². The number of likely N-dealkylation sites (tertiary alicyclic amines) is 1. The number of nitrogens with one attached hydrogen (secondary N) is 2. The van der Waals surface area contributed by atoms with Crippen molar-refractivity contribution < 1.29 is 9.53 Å². The smallest absolute Gasteiger partial charge is 0.237 e. The first-order chi connectivity index (χ1) is 13.7. The standard InChI is InChI=1S/C21H25N5O2/c1-28-19-7-3-2-6-18(19)16-8-9-20(25-14-16)24-11-10-23-15-21(27)26-12-4-5-17(26)13-22/h2-3,6-9,14,17,23H,4-5,10-12,15H2,1H3,(H,24,25)/t17-/m0/s1. The molecule has 1 aliphatic rings. The number of anilines is 1. The molecule has 0 saturated carbocycles. The minimum absolute atomic E-state index is 0.0108. The zero-order chi connectivity index (χ0) is 19.8. The van der Waals surface area contributed by atoms with Gasteiger partial charge in [0.25, 0.3) is 0 Å². The number of pyridine rings is 1. The maximum atomic E-state index is 12.1. The summed E-state index contributed by atoms with van der Waals surface area (Å²) in [6, 6.07) is 13.7. The molecule has 1 atom stereocenters. The highest BCUT2D eigenvalue weighted by Crippen LogP contribution is 2.29. The number of nitrogens with zero attached hydrogens (tertiary/aromatic N) is 3. The number of benzene rings is 1. The molecule has 1 aromatic heterocycles. The number of rotatable bonds is 8. The molecule has 0 radical (unpaired) electrons. The lowest BCUT2D eigenvalue weighted by molar-refractivity contribution is -0.130. The molecule has 1 aliphatic heterocycles. The van der Waals surface area contributed by atoms with Gasteiger partial charge in [-0.3, -0.25) is 4.79 Å². The van der Waals surface area contributed by atoms with Crippen molar-refractivity contribution >= 4 is 11.7 Å². The van der Waals surface area contributed by atoms with Gasteiger partial charge in [-0.1, -0.05) is 18.2 Å². The lowest BCUT2D eigenvalue weighted by Crippen LogP contribution is -2.41. The van der Waals surface area contributed by atoms with E-state index in [1.54, 1.807) is 12.0 Å². The van der Waals surface area contributed by atoms with E-state index in [1.807, 2.05) is 42.6 Å². The van der Waals surface area contributed by atoms with Crippen LogP contribution >= 0.6 is 0 Å².